The van der Waals surface area contributed by atoms with Crippen LogP contribution in [0, 0.1) is 0 Å². The van der Waals surface area contributed by atoms with Gasteiger partial charge in [-0.15, -0.1) is 6.58 Å². The van der Waals surface area contributed by atoms with Crippen molar-refractivity contribution in [1.82, 2.24) is 0 Å². The summed E-state index contributed by atoms with van der Waals surface area (Å²) in [5.74, 6) is -0.629. The lowest BCUT2D eigenvalue weighted by atomic mass is 10.0. The van der Waals surface area contributed by atoms with Crippen molar-refractivity contribution < 1.29 is 19.3 Å². The zero-order valence-electron chi connectivity index (χ0n) is 12.0. The molecule has 1 heterocycles. The second-order valence-electron chi connectivity index (χ2n) is 5.36. The first-order valence-electron chi connectivity index (χ1n) is 6.79. The molecule has 0 aliphatic carbocycles. The average Bonchev–Trinajstić information content (AvgIpc) is 2.79. The average molecular weight is 278 g/mol. The maximum atomic E-state index is 10.4. The summed E-state index contributed by atoms with van der Waals surface area (Å²) in [6.45, 7) is 8.71. The third-order valence-corrected chi connectivity index (χ3v) is 3.18. The third-order valence-electron chi connectivity index (χ3n) is 3.18. The lowest BCUT2D eigenvalue weighted by molar-refractivity contribution is -0.151. The van der Waals surface area contributed by atoms with Crippen LogP contribution in [0.3, 0.4) is 0 Å². The van der Waals surface area contributed by atoms with Gasteiger partial charge in [0, 0.05) is 0 Å². The minimum Gasteiger partial charge on any atom is -0.386 e. The van der Waals surface area contributed by atoms with E-state index in [-0.39, 0.29) is 6.10 Å². The van der Waals surface area contributed by atoms with E-state index in [2.05, 4.69) is 6.58 Å². The Morgan fingerprint density at radius 1 is 1.55 bits per heavy atom. The molecule has 1 aromatic rings. The van der Waals surface area contributed by atoms with E-state index in [9.17, 15) is 5.11 Å². The fourth-order valence-corrected chi connectivity index (χ4v) is 2.21. The molecule has 2 rings (SSSR count). The number of hydrogen-bond acceptors (Lipinski definition) is 4. The quantitative estimate of drug-likeness (QED) is 0.642. The van der Waals surface area contributed by atoms with Crippen LogP contribution in [-0.4, -0.2) is 30.2 Å². The second-order valence-corrected chi connectivity index (χ2v) is 5.36. The summed E-state index contributed by atoms with van der Waals surface area (Å²) in [4.78, 5) is 0. The first-order chi connectivity index (χ1) is 9.52. The highest BCUT2D eigenvalue weighted by Crippen LogP contribution is 2.30. The van der Waals surface area contributed by atoms with Gasteiger partial charge >= 0.3 is 0 Å². The van der Waals surface area contributed by atoms with E-state index in [0.717, 1.165) is 11.1 Å². The Morgan fingerprint density at radius 2 is 2.35 bits per heavy atom. The predicted molar refractivity (Wildman–Crippen MR) is 76.2 cm³/mol. The number of rotatable bonds is 6. The Labute approximate surface area is 120 Å². The molecule has 1 aliphatic rings. The molecule has 1 aromatic carbocycles. The van der Waals surface area contributed by atoms with Crippen molar-refractivity contribution in [2.24, 2.45) is 0 Å². The number of aliphatic hydroxyl groups excluding tert-OH is 1. The van der Waals surface area contributed by atoms with Crippen LogP contribution in [0.15, 0.2) is 36.9 Å². The number of benzene rings is 1. The van der Waals surface area contributed by atoms with E-state index in [1.165, 1.54) is 0 Å². The molecule has 1 fully saturated rings. The molecule has 4 heteroatoms. The maximum absolute atomic E-state index is 10.4. The molecule has 0 bridgehead atoms. The van der Waals surface area contributed by atoms with Crippen LogP contribution in [0.5, 0.6) is 0 Å². The summed E-state index contributed by atoms with van der Waals surface area (Å²) in [7, 11) is 0. The van der Waals surface area contributed by atoms with Gasteiger partial charge < -0.3 is 19.3 Å². The summed E-state index contributed by atoms with van der Waals surface area (Å²) in [6, 6.07) is 7.69. The van der Waals surface area contributed by atoms with E-state index in [1.807, 2.05) is 38.1 Å². The molecule has 2 atom stereocenters. The van der Waals surface area contributed by atoms with Crippen LogP contribution < -0.4 is 0 Å². The molecule has 0 amide bonds. The fourth-order valence-electron chi connectivity index (χ4n) is 2.21. The summed E-state index contributed by atoms with van der Waals surface area (Å²) in [5, 5.41) is 10.4. The van der Waals surface area contributed by atoms with E-state index >= 15 is 0 Å². The van der Waals surface area contributed by atoms with Gasteiger partial charge in [-0.1, -0.05) is 30.3 Å². The van der Waals surface area contributed by atoms with Crippen LogP contribution in [0.2, 0.25) is 0 Å². The Hall–Kier alpha value is -1.20. The van der Waals surface area contributed by atoms with Crippen LogP contribution in [0.1, 0.15) is 31.1 Å². The largest absolute Gasteiger partial charge is 0.386 e. The molecule has 0 saturated carbocycles. The van der Waals surface area contributed by atoms with Crippen molar-refractivity contribution in [3.63, 3.8) is 0 Å². The van der Waals surface area contributed by atoms with Crippen molar-refractivity contribution in [2.45, 2.75) is 38.4 Å². The van der Waals surface area contributed by atoms with Gasteiger partial charge in [0.25, 0.3) is 0 Å². The van der Waals surface area contributed by atoms with Crippen molar-refractivity contribution in [1.29, 1.82) is 0 Å². The van der Waals surface area contributed by atoms with Gasteiger partial charge in [-0.25, -0.2) is 0 Å². The first kappa shape index (κ1) is 15.2. The van der Waals surface area contributed by atoms with Crippen molar-refractivity contribution in [2.75, 3.05) is 13.2 Å². The van der Waals surface area contributed by atoms with Gasteiger partial charge in [0.15, 0.2) is 5.79 Å². The van der Waals surface area contributed by atoms with Crippen molar-refractivity contribution in [3.05, 3.63) is 48.0 Å². The smallest absolute Gasteiger partial charge is 0.163 e. The fraction of sp³-hybridized carbons (Fsp3) is 0.500. The van der Waals surface area contributed by atoms with Crippen LogP contribution in [-0.2, 0) is 20.8 Å². The molecular formula is C16H22O4. The molecule has 1 aliphatic heterocycles. The van der Waals surface area contributed by atoms with E-state index in [4.69, 9.17) is 14.2 Å². The van der Waals surface area contributed by atoms with Crippen molar-refractivity contribution >= 4 is 0 Å². The molecule has 1 unspecified atom stereocenters. The molecule has 1 N–H and O–H groups in total. The van der Waals surface area contributed by atoms with Gasteiger partial charge in [-0.3, -0.25) is 0 Å². The first-order valence-corrected chi connectivity index (χ1v) is 6.79. The lowest BCUT2D eigenvalue weighted by Crippen LogP contribution is -2.25. The molecule has 4 nitrogen and oxygen atoms in total. The number of ether oxygens (including phenoxy) is 3. The van der Waals surface area contributed by atoms with E-state index in [0.29, 0.717) is 19.8 Å². The van der Waals surface area contributed by atoms with Crippen molar-refractivity contribution in [3.8, 4) is 0 Å². The Morgan fingerprint density at radius 3 is 3.00 bits per heavy atom. The van der Waals surface area contributed by atoms with Gasteiger partial charge in [-0.05, 0) is 25.0 Å². The zero-order chi connectivity index (χ0) is 14.6. The number of hydrogen-bond donors (Lipinski definition) is 1. The highest BCUT2D eigenvalue weighted by atomic mass is 16.7. The standard InChI is InChI=1S/C16H22O4/c1-4-8-18-10-12-6-5-7-13(9-12)15(17)14-11-19-16(2,3)20-14/h4-7,9,14-15,17H,1,8,10-11H2,2-3H3/t14-,15?/m1/s1. The zero-order valence-corrected chi connectivity index (χ0v) is 12.0. The highest BCUT2D eigenvalue weighted by molar-refractivity contribution is 5.25. The van der Waals surface area contributed by atoms with Gasteiger partial charge in [0.2, 0.25) is 0 Å². The third kappa shape index (κ3) is 3.90. The minimum absolute atomic E-state index is 0.339. The van der Waals surface area contributed by atoms with Crippen LogP contribution in [0.4, 0.5) is 0 Å². The second kappa shape index (κ2) is 6.50. The van der Waals surface area contributed by atoms with E-state index in [1.54, 1.807) is 6.08 Å². The van der Waals surface area contributed by atoms with Gasteiger partial charge in [-0.2, -0.15) is 0 Å². The van der Waals surface area contributed by atoms with Crippen LogP contribution in [0.25, 0.3) is 0 Å². The summed E-state index contributed by atoms with van der Waals surface area (Å²) in [5.41, 5.74) is 1.83. The maximum Gasteiger partial charge on any atom is 0.163 e. The Kier molecular flexibility index (Phi) is 4.94. The summed E-state index contributed by atoms with van der Waals surface area (Å²) in [6.07, 6.45) is 0.676. The monoisotopic (exact) mass is 278 g/mol. The normalized spacial score (nSPS) is 22.6. The predicted octanol–water partition coefficient (Wildman–Crippen LogP) is 2.57. The molecule has 0 aromatic heterocycles. The molecule has 110 valence electrons. The molecular weight excluding hydrogens is 256 g/mol. The topological polar surface area (TPSA) is 47.9 Å². The minimum atomic E-state index is -0.698. The van der Waals surface area contributed by atoms with Gasteiger partial charge in [0.1, 0.15) is 12.2 Å². The molecule has 1 saturated heterocycles. The number of aliphatic hydroxyl groups is 1. The molecule has 20 heavy (non-hydrogen) atoms. The summed E-state index contributed by atoms with van der Waals surface area (Å²) < 4.78 is 16.6. The molecule has 0 spiro atoms. The summed E-state index contributed by atoms with van der Waals surface area (Å²) >= 11 is 0. The Bertz CT molecular complexity index is 456. The Balaban J connectivity index is 2.01. The van der Waals surface area contributed by atoms with Gasteiger partial charge in [0.05, 0.1) is 19.8 Å². The highest BCUT2D eigenvalue weighted by Gasteiger charge is 2.37. The lowest BCUT2D eigenvalue weighted by Gasteiger charge is -2.21. The SMILES string of the molecule is C=CCOCc1cccc(C(O)[C@H]2COC(C)(C)O2)c1. The van der Waals surface area contributed by atoms with Crippen LogP contribution >= 0.6 is 0 Å². The van der Waals surface area contributed by atoms with E-state index < -0.39 is 11.9 Å². The molecule has 0 radical (unpaired) electrons.